The minimum atomic E-state index is -3.63. The van der Waals surface area contributed by atoms with Crippen molar-refractivity contribution in [2.24, 2.45) is 0 Å². The van der Waals surface area contributed by atoms with E-state index in [1.165, 1.54) is 6.07 Å². The van der Waals surface area contributed by atoms with Crippen molar-refractivity contribution >= 4 is 19.7 Å². The van der Waals surface area contributed by atoms with Crippen molar-refractivity contribution in [3.05, 3.63) is 29.3 Å². The summed E-state index contributed by atoms with van der Waals surface area (Å²) in [5.74, 6) is 0. The molecule has 0 amide bonds. The van der Waals surface area contributed by atoms with Gasteiger partial charge >= 0.3 is 0 Å². The molecule has 0 spiro atoms. The summed E-state index contributed by atoms with van der Waals surface area (Å²) >= 11 is 0. The van der Waals surface area contributed by atoms with E-state index in [9.17, 15) is 8.42 Å². The van der Waals surface area contributed by atoms with E-state index >= 15 is 0 Å². The Morgan fingerprint density at radius 2 is 2.07 bits per heavy atom. The Kier molecular flexibility index (Phi) is 3.53. The van der Waals surface area contributed by atoms with E-state index in [2.05, 4.69) is 0 Å². The van der Waals surface area contributed by atoms with Gasteiger partial charge in [0.25, 0.3) is 9.05 Å². The Balaban J connectivity index is 3.15. The summed E-state index contributed by atoms with van der Waals surface area (Å²) in [6.07, 6.45) is 0. The van der Waals surface area contributed by atoms with Crippen molar-refractivity contribution in [3.8, 4) is 0 Å². The summed E-state index contributed by atoms with van der Waals surface area (Å²) in [6, 6.07) is 4.93. The van der Waals surface area contributed by atoms with Gasteiger partial charge in [0.1, 0.15) is 0 Å². The molecular weight excluding hydrogens is 224 g/mol. The molecule has 0 bridgehead atoms. The first kappa shape index (κ1) is 11.5. The topological polar surface area (TPSA) is 43.4 Å². The zero-order valence-corrected chi connectivity index (χ0v) is 9.52. The molecule has 0 aromatic heterocycles. The first-order valence-electron chi connectivity index (χ1n) is 3.98. The first-order chi connectivity index (χ1) is 6.45. The molecule has 14 heavy (non-hydrogen) atoms. The van der Waals surface area contributed by atoms with Crippen LogP contribution in [0.5, 0.6) is 0 Å². The fourth-order valence-electron chi connectivity index (χ4n) is 1.24. The predicted octanol–water partition coefficient (Wildman–Crippen LogP) is 2.07. The molecule has 0 saturated heterocycles. The summed E-state index contributed by atoms with van der Waals surface area (Å²) in [5, 5.41) is 0. The summed E-state index contributed by atoms with van der Waals surface area (Å²) < 4.78 is 27.0. The minimum absolute atomic E-state index is 0.152. The maximum absolute atomic E-state index is 11.1. The molecule has 78 valence electrons. The molecular formula is C9H11ClO3S. The molecule has 1 aromatic carbocycles. The summed E-state index contributed by atoms with van der Waals surface area (Å²) in [6.45, 7) is 2.16. The number of hydrogen-bond acceptors (Lipinski definition) is 3. The quantitative estimate of drug-likeness (QED) is 0.752. The minimum Gasteiger partial charge on any atom is -0.380 e. The smallest absolute Gasteiger partial charge is 0.261 e. The van der Waals surface area contributed by atoms with Gasteiger partial charge in [0, 0.05) is 17.8 Å². The maximum atomic E-state index is 11.1. The van der Waals surface area contributed by atoms with Crippen molar-refractivity contribution in [1.82, 2.24) is 0 Å². The average molecular weight is 235 g/mol. The van der Waals surface area contributed by atoms with Crippen molar-refractivity contribution < 1.29 is 13.2 Å². The highest BCUT2D eigenvalue weighted by atomic mass is 35.7. The summed E-state index contributed by atoms with van der Waals surface area (Å²) in [4.78, 5) is 0.152. The van der Waals surface area contributed by atoms with Crippen LogP contribution >= 0.6 is 10.7 Å². The molecule has 0 fully saturated rings. The third kappa shape index (κ3) is 2.70. The van der Waals surface area contributed by atoms with E-state index in [0.29, 0.717) is 12.2 Å². The van der Waals surface area contributed by atoms with Gasteiger partial charge in [0.05, 0.1) is 11.5 Å². The van der Waals surface area contributed by atoms with Gasteiger partial charge in [0.2, 0.25) is 0 Å². The second-order valence-electron chi connectivity index (χ2n) is 2.97. The molecule has 5 heteroatoms. The Morgan fingerprint density at radius 1 is 1.43 bits per heavy atom. The molecule has 0 heterocycles. The molecule has 0 aliphatic carbocycles. The Labute approximate surface area is 88.1 Å². The van der Waals surface area contributed by atoms with E-state index in [0.717, 1.165) is 5.56 Å². The Morgan fingerprint density at radius 3 is 2.50 bits per heavy atom. The van der Waals surface area contributed by atoms with Crippen LogP contribution in [0.3, 0.4) is 0 Å². The summed E-state index contributed by atoms with van der Waals surface area (Å²) in [7, 11) is 3.19. The monoisotopic (exact) mass is 234 g/mol. The molecule has 0 aliphatic heterocycles. The predicted molar refractivity (Wildman–Crippen MR) is 54.9 cm³/mol. The van der Waals surface area contributed by atoms with Gasteiger partial charge in [-0.25, -0.2) is 8.42 Å². The van der Waals surface area contributed by atoms with Gasteiger partial charge < -0.3 is 4.74 Å². The molecule has 3 nitrogen and oxygen atoms in total. The molecule has 0 N–H and O–H groups in total. The van der Waals surface area contributed by atoms with Crippen LogP contribution < -0.4 is 0 Å². The van der Waals surface area contributed by atoms with E-state index in [-0.39, 0.29) is 4.90 Å². The first-order valence-corrected chi connectivity index (χ1v) is 6.29. The van der Waals surface area contributed by atoms with Crippen molar-refractivity contribution in [3.63, 3.8) is 0 Å². The van der Waals surface area contributed by atoms with Gasteiger partial charge in [-0.3, -0.25) is 0 Å². The highest BCUT2D eigenvalue weighted by Crippen LogP contribution is 2.20. The van der Waals surface area contributed by atoms with Crippen LogP contribution in [0, 0.1) is 6.92 Å². The highest BCUT2D eigenvalue weighted by molar-refractivity contribution is 8.13. The lowest BCUT2D eigenvalue weighted by Crippen LogP contribution is -1.96. The fourth-order valence-corrected chi connectivity index (χ4v) is 2.44. The van der Waals surface area contributed by atoms with Crippen LogP contribution in [0.15, 0.2) is 23.1 Å². The van der Waals surface area contributed by atoms with Gasteiger partial charge in [-0.05, 0) is 24.1 Å². The molecule has 0 atom stereocenters. The standard InChI is InChI=1S/C9H11ClO3S/c1-7-5-8(6-13-2)3-4-9(7)14(10,11)12/h3-5H,6H2,1-2H3. The molecule has 1 aromatic rings. The third-order valence-electron chi connectivity index (χ3n) is 1.81. The Bertz CT molecular complexity index is 426. The fraction of sp³-hybridized carbons (Fsp3) is 0.333. The zero-order valence-electron chi connectivity index (χ0n) is 7.95. The van der Waals surface area contributed by atoms with Gasteiger partial charge in [-0.1, -0.05) is 12.1 Å². The van der Waals surface area contributed by atoms with Gasteiger partial charge in [-0.2, -0.15) is 0 Å². The number of hydrogen-bond donors (Lipinski definition) is 0. The lowest BCUT2D eigenvalue weighted by Gasteiger charge is -2.04. The normalized spacial score (nSPS) is 11.6. The van der Waals surface area contributed by atoms with E-state index in [4.69, 9.17) is 15.4 Å². The second-order valence-corrected chi connectivity index (χ2v) is 5.51. The van der Waals surface area contributed by atoms with Crippen molar-refractivity contribution in [2.45, 2.75) is 18.4 Å². The second kappa shape index (κ2) is 4.29. The summed E-state index contributed by atoms with van der Waals surface area (Å²) in [5.41, 5.74) is 1.56. The van der Waals surface area contributed by atoms with Crippen LogP contribution in [0.4, 0.5) is 0 Å². The lowest BCUT2D eigenvalue weighted by molar-refractivity contribution is 0.185. The molecule has 0 unspecified atom stereocenters. The van der Waals surface area contributed by atoms with Gasteiger partial charge in [-0.15, -0.1) is 0 Å². The van der Waals surface area contributed by atoms with E-state index < -0.39 is 9.05 Å². The third-order valence-corrected chi connectivity index (χ3v) is 3.30. The number of halogens is 1. The molecule has 0 aliphatic rings. The van der Waals surface area contributed by atoms with Crippen molar-refractivity contribution in [1.29, 1.82) is 0 Å². The van der Waals surface area contributed by atoms with Crippen LogP contribution in [0.2, 0.25) is 0 Å². The van der Waals surface area contributed by atoms with Gasteiger partial charge in [0.15, 0.2) is 0 Å². The number of ether oxygens (including phenoxy) is 1. The van der Waals surface area contributed by atoms with Crippen LogP contribution in [-0.4, -0.2) is 15.5 Å². The molecule has 0 saturated carbocycles. The van der Waals surface area contributed by atoms with E-state index in [1.54, 1.807) is 26.2 Å². The number of methoxy groups -OCH3 is 1. The number of rotatable bonds is 3. The average Bonchev–Trinajstić information content (AvgIpc) is 2.02. The van der Waals surface area contributed by atoms with Crippen molar-refractivity contribution in [2.75, 3.05) is 7.11 Å². The van der Waals surface area contributed by atoms with E-state index in [1.807, 2.05) is 0 Å². The maximum Gasteiger partial charge on any atom is 0.261 e. The molecule has 0 radical (unpaired) electrons. The number of aryl methyl sites for hydroxylation is 1. The molecule has 1 rings (SSSR count). The lowest BCUT2D eigenvalue weighted by atomic mass is 10.1. The largest absolute Gasteiger partial charge is 0.380 e. The highest BCUT2D eigenvalue weighted by Gasteiger charge is 2.12. The van der Waals surface area contributed by atoms with Crippen LogP contribution in [0.1, 0.15) is 11.1 Å². The van der Waals surface area contributed by atoms with Crippen LogP contribution in [0.25, 0.3) is 0 Å². The van der Waals surface area contributed by atoms with Crippen LogP contribution in [-0.2, 0) is 20.4 Å². The zero-order chi connectivity index (χ0) is 10.8. The Hall–Kier alpha value is -0.580. The number of benzene rings is 1. The SMILES string of the molecule is COCc1ccc(S(=O)(=O)Cl)c(C)c1.